The van der Waals surface area contributed by atoms with Crippen LogP contribution in [0.5, 0.6) is 0 Å². The number of amides is 4. The zero-order chi connectivity index (χ0) is 24.4. The van der Waals surface area contributed by atoms with Gasteiger partial charge in [-0.15, -0.1) is 0 Å². The molecule has 0 aliphatic carbocycles. The monoisotopic (exact) mass is 461 g/mol. The normalized spacial score (nSPS) is 15.5. The minimum absolute atomic E-state index is 0.00440. The van der Waals surface area contributed by atoms with E-state index in [1.54, 1.807) is 42.5 Å². The average molecular weight is 461 g/mol. The number of barbiturate groups is 1. The molecular weight excluding hydrogens is 437 g/mol. The Bertz CT molecular complexity index is 1300. The number of methoxy groups -OCH3 is 1. The second kappa shape index (κ2) is 9.44. The minimum atomic E-state index is -0.722. The van der Waals surface area contributed by atoms with Gasteiger partial charge in [-0.2, -0.15) is 0 Å². The molecule has 174 valence electrons. The minimum Gasteiger partial charge on any atom is -0.383 e. The molecule has 7 nitrogen and oxygen atoms in total. The highest BCUT2D eigenvalue weighted by Gasteiger charge is 2.42. The molecule has 1 fully saturated rings. The SMILES string of the molecule is COCCN1C(=O)/C(=C/c2cc(C)n(-c3cccc(F)c3)c2C)C(=O)N(c2ccccc2)C1=O. The van der Waals surface area contributed by atoms with Crippen molar-refractivity contribution in [2.75, 3.05) is 25.2 Å². The molecule has 8 heteroatoms. The number of benzene rings is 2. The summed E-state index contributed by atoms with van der Waals surface area (Å²) in [6, 6.07) is 15.7. The van der Waals surface area contributed by atoms with E-state index in [9.17, 15) is 18.8 Å². The smallest absolute Gasteiger partial charge is 0.338 e. The molecule has 2 aromatic carbocycles. The molecule has 4 rings (SSSR count). The van der Waals surface area contributed by atoms with Crippen molar-refractivity contribution in [1.82, 2.24) is 9.47 Å². The van der Waals surface area contributed by atoms with Crippen LogP contribution < -0.4 is 4.90 Å². The third kappa shape index (κ3) is 4.15. The average Bonchev–Trinajstić information content (AvgIpc) is 3.10. The van der Waals surface area contributed by atoms with Gasteiger partial charge < -0.3 is 9.30 Å². The van der Waals surface area contributed by atoms with Gasteiger partial charge in [-0.05, 0) is 61.9 Å². The second-order valence-corrected chi connectivity index (χ2v) is 7.91. The maximum Gasteiger partial charge on any atom is 0.338 e. The van der Waals surface area contributed by atoms with E-state index in [-0.39, 0.29) is 24.5 Å². The van der Waals surface area contributed by atoms with Crippen molar-refractivity contribution >= 4 is 29.6 Å². The van der Waals surface area contributed by atoms with E-state index in [1.807, 2.05) is 24.5 Å². The first-order chi connectivity index (χ1) is 16.3. The van der Waals surface area contributed by atoms with E-state index in [4.69, 9.17) is 4.74 Å². The maximum atomic E-state index is 13.8. The number of hydrogen-bond acceptors (Lipinski definition) is 4. The zero-order valence-corrected chi connectivity index (χ0v) is 19.1. The van der Waals surface area contributed by atoms with Gasteiger partial charge in [-0.1, -0.05) is 24.3 Å². The Morgan fingerprint density at radius 1 is 0.912 bits per heavy atom. The lowest BCUT2D eigenvalue weighted by Gasteiger charge is -2.33. The summed E-state index contributed by atoms with van der Waals surface area (Å²) in [6.45, 7) is 3.82. The predicted octanol–water partition coefficient (Wildman–Crippen LogP) is 4.26. The van der Waals surface area contributed by atoms with Gasteiger partial charge in [0.1, 0.15) is 11.4 Å². The van der Waals surface area contributed by atoms with E-state index < -0.39 is 17.8 Å². The van der Waals surface area contributed by atoms with E-state index >= 15 is 0 Å². The van der Waals surface area contributed by atoms with Gasteiger partial charge in [0, 0.05) is 24.2 Å². The number of rotatable bonds is 6. The summed E-state index contributed by atoms with van der Waals surface area (Å²) in [7, 11) is 1.47. The van der Waals surface area contributed by atoms with Gasteiger partial charge >= 0.3 is 6.03 Å². The maximum absolute atomic E-state index is 13.8. The van der Waals surface area contributed by atoms with Crippen LogP contribution in [-0.2, 0) is 14.3 Å². The molecule has 0 saturated carbocycles. The lowest BCUT2D eigenvalue weighted by atomic mass is 10.1. The van der Waals surface area contributed by atoms with Crippen LogP contribution in [0.3, 0.4) is 0 Å². The number of urea groups is 1. The number of imide groups is 2. The molecule has 1 aliphatic heterocycles. The fraction of sp³-hybridized carbons (Fsp3) is 0.192. The van der Waals surface area contributed by atoms with E-state index in [0.717, 1.165) is 21.2 Å². The molecule has 0 spiro atoms. The number of carbonyl (C=O) groups is 3. The summed E-state index contributed by atoms with van der Waals surface area (Å²) in [4.78, 5) is 41.7. The second-order valence-electron chi connectivity index (χ2n) is 7.91. The number of aryl methyl sites for hydroxylation is 1. The third-order valence-electron chi connectivity index (χ3n) is 5.70. The summed E-state index contributed by atoms with van der Waals surface area (Å²) in [6.07, 6.45) is 1.49. The van der Waals surface area contributed by atoms with Crippen molar-refractivity contribution in [3.05, 3.63) is 89.0 Å². The Morgan fingerprint density at radius 3 is 2.29 bits per heavy atom. The first-order valence-corrected chi connectivity index (χ1v) is 10.7. The molecule has 0 radical (unpaired) electrons. The van der Waals surface area contributed by atoms with Crippen molar-refractivity contribution < 1.29 is 23.5 Å². The number of anilines is 1. The first-order valence-electron chi connectivity index (χ1n) is 10.7. The highest BCUT2D eigenvalue weighted by atomic mass is 19.1. The molecule has 0 atom stereocenters. The first kappa shape index (κ1) is 23.1. The van der Waals surface area contributed by atoms with Crippen LogP contribution in [0.2, 0.25) is 0 Å². The summed E-state index contributed by atoms with van der Waals surface area (Å²) in [5.41, 5.74) is 3.00. The summed E-state index contributed by atoms with van der Waals surface area (Å²) in [5.74, 6) is -1.76. The van der Waals surface area contributed by atoms with Crippen LogP contribution in [0.25, 0.3) is 11.8 Å². The lowest BCUT2D eigenvalue weighted by molar-refractivity contribution is -0.129. The molecule has 1 aromatic heterocycles. The number of aromatic nitrogens is 1. The molecule has 2 heterocycles. The molecule has 0 unspecified atom stereocenters. The van der Waals surface area contributed by atoms with Gasteiger partial charge in [-0.3, -0.25) is 14.5 Å². The molecule has 0 N–H and O–H groups in total. The quantitative estimate of drug-likeness (QED) is 0.406. The van der Waals surface area contributed by atoms with Crippen molar-refractivity contribution in [3.63, 3.8) is 0 Å². The van der Waals surface area contributed by atoms with Gasteiger partial charge in [0.05, 0.1) is 18.8 Å². The van der Waals surface area contributed by atoms with Gasteiger partial charge in [0.25, 0.3) is 11.8 Å². The molecule has 0 bridgehead atoms. The molecule has 3 aromatic rings. The number of ether oxygens (including phenoxy) is 1. The highest BCUT2D eigenvalue weighted by Crippen LogP contribution is 2.28. The number of hydrogen-bond donors (Lipinski definition) is 0. The fourth-order valence-electron chi connectivity index (χ4n) is 4.06. The summed E-state index contributed by atoms with van der Waals surface area (Å²) >= 11 is 0. The number of carbonyl (C=O) groups excluding carboxylic acids is 3. The number of nitrogens with zero attached hydrogens (tertiary/aromatic N) is 3. The molecule has 4 amide bonds. The molecular formula is C26H24FN3O4. The van der Waals surface area contributed by atoms with Gasteiger partial charge in [-0.25, -0.2) is 14.1 Å². The van der Waals surface area contributed by atoms with Gasteiger partial charge in [0.2, 0.25) is 0 Å². The van der Waals surface area contributed by atoms with Crippen LogP contribution >= 0.6 is 0 Å². The zero-order valence-electron chi connectivity index (χ0n) is 19.1. The van der Waals surface area contributed by atoms with Crippen molar-refractivity contribution in [2.24, 2.45) is 0 Å². The predicted molar refractivity (Wildman–Crippen MR) is 126 cm³/mol. The topological polar surface area (TPSA) is 71.8 Å². The van der Waals surface area contributed by atoms with Crippen molar-refractivity contribution in [2.45, 2.75) is 13.8 Å². The van der Waals surface area contributed by atoms with Crippen LogP contribution in [0.4, 0.5) is 14.9 Å². The fourth-order valence-corrected chi connectivity index (χ4v) is 4.06. The Kier molecular flexibility index (Phi) is 6.43. The Balaban J connectivity index is 1.81. The number of para-hydroxylation sites is 1. The molecule has 34 heavy (non-hydrogen) atoms. The van der Waals surface area contributed by atoms with Crippen LogP contribution in [0, 0.1) is 19.7 Å². The Morgan fingerprint density at radius 2 is 1.62 bits per heavy atom. The van der Waals surface area contributed by atoms with Crippen molar-refractivity contribution in [1.29, 1.82) is 0 Å². The number of halogens is 1. The third-order valence-corrected chi connectivity index (χ3v) is 5.70. The van der Waals surface area contributed by atoms with Crippen LogP contribution in [-0.4, -0.2) is 47.6 Å². The van der Waals surface area contributed by atoms with E-state index in [1.165, 1.54) is 25.3 Å². The standard InChI is InChI=1S/C26H24FN3O4/c1-17-14-19(18(2)29(17)22-11-7-8-20(27)16-22)15-23-24(31)28(12-13-34-3)26(33)30(25(23)32)21-9-5-4-6-10-21/h4-11,14-16H,12-13H2,1-3H3/b23-15-. The lowest BCUT2D eigenvalue weighted by Crippen LogP contribution is -2.57. The highest BCUT2D eigenvalue weighted by molar-refractivity contribution is 6.39. The Hall–Kier alpha value is -4.04. The summed E-state index contributed by atoms with van der Waals surface area (Å²) < 4.78 is 20.7. The van der Waals surface area contributed by atoms with Crippen LogP contribution in [0.1, 0.15) is 17.0 Å². The van der Waals surface area contributed by atoms with Crippen molar-refractivity contribution in [3.8, 4) is 5.69 Å². The molecule has 1 saturated heterocycles. The largest absolute Gasteiger partial charge is 0.383 e. The summed E-state index contributed by atoms with van der Waals surface area (Å²) in [5, 5.41) is 0. The Labute approximate surface area is 196 Å². The van der Waals surface area contributed by atoms with Crippen LogP contribution in [0.15, 0.2) is 66.2 Å². The molecule has 1 aliphatic rings. The van der Waals surface area contributed by atoms with E-state index in [0.29, 0.717) is 16.9 Å². The van der Waals surface area contributed by atoms with E-state index in [2.05, 4.69) is 0 Å². The van der Waals surface area contributed by atoms with Gasteiger partial charge in [0.15, 0.2) is 0 Å².